The number of rotatable bonds is 8. The summed E-state index contributed by atoms with van der Waals surface area (Å²) in [5.74, 6) is 0. The quantitative estimate of drug-likeness (QED) is 0.523. The molecular formula is C14H23NO4. The van der Waals surface area contributed by atoms with Crippen molar-refractivity contribution >= 4 is 0 Å². The van der Waals surface area contributed by atoms with E-state index < -0.39 is 12.2 Å². The summed E-state index contributed by atoms with van der Waals surface area (Å²) < 4.78 is 0. The molecule has 3 atom stereocenters. The van der Waals surface area contributed by atoms with Crippen molar-refractivity contribution in [3.63, 3.8) is 0 Å². The Labute approximate surface area is 113 Å². The minimum absolute atomic E-state index is 0.0244. The molecule has 0 aromatic heterocycles. The van der Waals surface area contributed by atoms with Crippen LogP contribution in [0.4, 0.5) is 0 Å². The fourth-order valence-electron chi connectivity index (χ4n) is 1.99. The van der Waals surface area contributed by atoms with Crippen molar-refractivity contribution in [1.29, 1.82) is 0 Å². The molecule has 0 saturated carbocycles. The van der Waals surface area contributed by atoms with Gasteiger partial charge in [-0.25, -0.2) is 0 Å². The largest absolute Gasteiger partial charge is 0.394 e. The minimum atomic E-state index is -0.864. The Kier molecular flexibility index (Phi) is 6.97. The van der Waals surface area contributed by atoms with Crippen molar-refractivity contribution in [2.75, 3.05) is 26.3 Å². The molecule has 0 spiro atoms. The van der Waals surface area contributed by atoms with E-state index in [1.807, 2.05) is 42.2 Å². The molecule has 0 amide bonds. The summed E-state index contributed by atoms with van der Waals surface area (Å²) in [6.07, 6.45) is -1.73. The second kappa shape index (κ2) is 8.24. The number of aliphatic hydroxyl groups excluding tert-OH is 4. The Morgan fingerprint density at radius 1 is 0.947 bits per heavy atom. The SMILES string of the molecule is C[C@H](c1ccccc1)N(C[C@H](O)CO)C[C@H](O)CO. The van der Waals surface area contributed by atoms with E-state index in [-0.39, 0.29) is 32.3 Å². The van der Waals surface area contributed by atoms with Gasteiger partial charge in [0.2, 0.25) is 0 Å². The number of hydrogen-bond acceptors (Lipinski definition) is 5. The van der Waals surface area contributed by atoms with Crippen LogP contribution in [0.15, 0.2) is 30.3 Å². The Morgan fingerprint density at radius 3 is 1.84 bits per heavy atom. The highest BCUT2D eigenvalue weighted by Gasteiger charge is 2.21. The molecule has 1 aromatic rings. The molecule has 108 valence electrons. The van der Waals surface area contributed by atoms with E-state index in [2.05, 4.69) is 0 Å². The summed E-state index contributed by atoms with van der Waals surface area (Å²) in [6.45, 7) is 1.79. The van der Waals surface area contributed by atoms with Crippen molar-refractivity contribution in [2.45, 2.75) is 25.2 Å². The minimum Gasteiger partial charge on any atom is -0.394 e. The highest BCUT2D eigenvalue weighted by molar-refractivity contribution is 5.18. The molecule has 1 rings (SSSR count). The average molecular weight is 269 g/mol. The van der Waals surface area contributed by atoms with Crippen molar-refractivity contribution in [1.82, 2.24) is 4.90 Å². The van der Waals surface area contributed by atoms with Gasteiger partial charge in [-0.15, -0.1) is 0 Å². The van der Waals surface area contributed by atoms with Crippen LogP contribution in [0.5, 0.6) is 0 Å². The van der Waals surface area contributed by atoms with Gasteiger partial charge in [-0.05, 0) is 12.5 Å². The second-order valence-electron chi connectivity index (χ2n) is 4.71. The van der Waals surface area contributed by atoms with Gasteiger partial charge in [-0.1, -0.05) is 30.3 Å². The van der Waals surface area contributed by atoms with E-state index >= 15 is 0 Å². The highest BCUT2D eigenvalue weighted by atomic mass is 16.3. The summed E-state index contributed by atoms with van der Waals surface area (Å²) in [5.41, 5.74) is 1.05. The van der Waals surface area contributed by atoms with Crippen molar-refractivity contribution in [3.05, 3.63) is 35.9 Å². The normalized spacial score (nSPS) is 16.3. The van der Waals surface area contributed by atoms with Crippen LogP contribution in [0.2, 0.25) is 0 Å². The lowest BCUT2D eigenvalue weighted by Crippen LogP contribution is -2.41. The maximum atomic E-state index is 9.57. The molecule has 19 heavy (non-hydrogen) atoms. The molecule has 0 aliphatic rings. The van der Waals surface area contributed by atoms with Gasteiger partial charge < -0.3 is 20.4 Å². The molecule has 0 saturated heterocycles. The molecule has 0 bridgehead atoms. The van der Waals surface area contributed by atoms with Crippen LogP contribution in [0.3, 0.4) is 0 Å². The average Bonchev–Trinajstić information content (AvgIpc) is 2.46. The fourth-order valence-corrected chi connectivity index (χ4v) is 1.99. The van der Waals surface area contributed by atoms with Gasteiger partial charge in [0.25, 0.3) is 0 Å². The van der Waals surface area contributed by atoms with Gasteiger partial charge in [-0.2, -0.15) is 0 Å². The third kappa shape index (κ3) is 5.26. The van der Waals surface area contributed by atoms with Crippen molar-refractivity contribution in [3.8, 4) is 0 Å². The molecule has 0 fully saturated rings. The molecule has 0 heterocycles. The highest BCUT2D eigenvalue weighted by Crippen LogP contribution is 2.20. The van der Waals surface area contributed by atoms with Gasteiger partial charge in [0.1, 0.15) is 0 Å². The topological polar surface area (TPSA) is 84.2 Å². The Balaban J connectivity index is 2.76. The van der Waals surface area contributed by atoms with Crippen molar-refractivity contribution in [2.24, 2.45) is 0 Å². The van der Waals surface area contributed by atoms with Crippen molar-refractivity contribution < 1.29 is 20.4 Å². The van der Waals surface area contributed by atoms with E-state index in [0.717, 1.165) is 5.56 Å². The van der Waals surface area contributed by atoms with E-state index in [1.54, 1.807) is 0 Å². The third-order valence-electron chi connectivity index (χ3n) is 3.14. The Bertz CT molecular complexity index is 335. The molecule has 0 unspecified atom stereocenters. The zero-order valence-corrected chi connectivity index (χ0v) is 11.2. The first-order chi connectivity index (χ1) is 9.08. The summed E-state index contributed by atoms with van der Waals surface area (Å²) in [7, 11) is 0. The van der Waals surface area contributed by atoms with Crippen LogP contribution in [0, 0.1) is 0 Å². The predicted octanol–water partition coefficient (Wildman–Crippen LogP) is -0.244. The van der Waals surface area contributed by atoms with E-state index in [1.165, 1.54) is 0 Å². The number of nitrogens with zero attached hydrogens (tertiary/aromatic N) is 1. The molecule has 5 nitrogen and oxygen atoms in total. The van der Waals surface area contributed by atoms with E-state index in [9.17, 15) is 10.2 Å². The maximum Gasteiger partial charge on any atom is 0.0897 e. The van der Waals surface area contributed by atoms with Crippen LogP contribution >= 0.6 is 0 Å². The van der Waals surface area contributed by atoms with Gasteiger partial charge in [-0.3, -0.25) is 4.90 Å². The smallest absolute Gasteiger partial charge is 0.0897 e. The zero-order chi connectivity index (χ0) is 14.3. The standard InChI is InChI=1S/C14H23NO4/c1-11(12-5-3-2-4-6-12)15(7-13(18)9-16)8-14(19)10-17/h2-6,11,13-14,16-19H,7-10H2,1H3/t11-,13+,14+/m1/s1. The van der Waals surface area contributed by atoms with Gasteiger partial charge in [0.15, 0.2) is 0 Å². The molecule has 0 radical (unpaired) electrons. The second-order valence-corrected chi connectivity index (χ2v) is 4.71. The molecule has 0 aliphatic carbocycles. The summed E-state index contributed by atoms with van der Waals surface area (Å²) >= 11 is 0. The first kappa shape index (κ1) is 16.1. The lowest BCUT2D eigenvalue weighted by molar-refractivity contribution is 0.00921. The molecule has 1 aromatic carbocycles. The summed E-state index contributed by atoms with van der Waals surface area (Å²) in [6, 6.07) is 9.68. The first-order valence-corrected chi connectivity index (χ1v) is 6.45. The van der Waals surface area contributed by atoms with Crippen LogP contribution in [0.1, 0.15) is 18.5 Å². The zero-order valence-electron chi connectivity index (χ0n) is 11.2. The first-order valence-electron chi connectivity index (χ1n) is 6.45. The monoisotopic (exact) mass is 269 g/mol. The fraction of sp³-hybridized carbons (Fsp3) is 0.571. The van der Waals surface area contributed by atoms with Gasteiger partial charge >= 0.3 is 0 Å². The van der Waals surface area contributed by atoms with Crippen LogP contribution < -0.4 is 0 Å². The van der Waals surface area contributed by atoms with Gasteiger partial charge in [0.05, 0.1) is 25.4 Å². The molecule has 4 N–H and O–H groups in total. The lowest BCUT2D eigenvalue weighted by atomic mass is 10.1. The number of aliphatic hydroxyl groups is 4. The molecular weight excluding hydrogens is 246 g/mol. The van der Waals surface area contributed by atoms with E-state index in [0.29, 0.717) is 0 Å². The summed E-state index contributed by atoms with van der Waals surface area (Å²) in [5, 5.41) is 37.0. The van der Waals surface area contributed by atoms with Crippen LogP contribution in [-0.4, -0.2) is 63.8 Å². The maximum absolute atomic E-state index is 9.57. The van der Waals surface area contributed by atoms with E-state index in [4.69, 9.17) is 10.2 Å². The number of benzene rings is 1. The molecule has 0 aliphatic heterocycles. The Morgan fingerprint density at radius 2 is 1.42 bits per heavy atom. The van der Waals surface area contributed by atoms with Gasteiger partial charge in [0, 0.05) is 19.1 Å². The Hall–Kier alpha value is -0.980. The third-order valence-corrected chi connectivity index (χ3v) is 3.14. The van der Waals surface area contributed by atoms with Crippen LogP contribution in [-0.2, 0) is 0 Å². The predicted molar refractivity (Wildman–Crippen MR) is 72.6 cm³/mol. The lowest BCUT2D eigenvalue weighted by Gasteiger charge is -2.32. The number of hydrogen-bond donors (Lipinski definition) is 4. The molecule has 5 heteroatoms. The van der Waals surface area contributed by atoms with Crippen LogP contribution in [0.25, 0.3) is 0 Å². The summed E-state index contributed by atoms with van der Waals surface area (Å²) in [4.78, 5) is 1.84.